The Bertz CT molecular complexity index is 464. The minimum atomic E-state index is -0.232. The van der Waals surface area contributed by atoms with E-state index in [4.69, 9.17) is 5.11 Å². The SMILES string of the molecule is CCCN(CC)CCNc1cnn(CCO)c(=O)c1Br. The molecule has 0 atom stereocenters. The molecule has 1 aromatic heterocycles. The van der Waals surface area contributed by atoms with Gasteiger partial charge in [-0.15, -0.1) is 0 Å². The van der Waals surface area contributed by atoms with Gasteiger partial charge in [0.25, 0.3) is 5.56 Å². The quantitative estimate of drug-likeness (QED) is 0.701. The Kier molecular flexibility index (Phi) is 7.79. The summed E-state index contributed by atoms with van der Waals surface area (Å²) in [4.78, 5) is 14.3. The maximum absolute atomic E-state index is 11.9. The molecule has 0 unspecified atom stereocenters. The fraction of sp³-hybridized carbons (Fsp3) is 0.692. The summed E-state index contributed by atoms with van der Waals surface area (Å²) in [6.07, 6.45) is 2.74. The van der Waals surface area contributed by atoms with E-state index in [1.54, 1.807) is 6.20 Å². The van der Waals surface area contributed by atoms with Crippen LogP contribution < -0.4 is 10.9 Å². The van der Waals surface area contributed by atoms with Crippen molar-refractivity contribution >= 4 is 21.6 Å². The average Bonchev–Trinajstić information content (AvgIpc) is 2.45. The number of nitrogens with zero attached hydrogens (tertiary/aromatic N) is 3. The molecule has 0 spiro atoms. The first-order valence-corrected chi connectivity index (χ1v) is 7.76. The lowest BCUT2D eigenvalue weighted by Gasteiger charge is -2.20. The Morgan fingerprint density at radius 2 is 2.20 bits per heavy atom. The molecule has 1 rings (SSSR count). The van der Waals surface area contributed by atoms with Crippen LogP contribution in [0.5, 0.6) is 0 Å². The second-order valence-corrected chi connectivity index (χ2v) is 5.28. The highest BCUT2D eigenvalue weighted by Crippen LogP contribution is 2.15. The van der Waals surface area contributed by atoms with Crippen molar-refractivity contribution in [3.8, 4) is 0 Å². The molecule has 1 heterocycles. The highest BCUT2D eigenvalue weighted by Gasteiger charge is 2.08. The van der Waals surface area contributed by atoms with Gasteiger partial charge in [-0.05, 0) is 35.4 Å². The van der Waals surface area contributed by atoms with E-state index in [1.165, 1.54) is 4.68 Å². The summed E-state index contributed by atoms with van der Waals surface area (Å²) in [5.41, 5.74) is 0.460. The van der Waals surface area contributed by atoms with Gasteiger partial charge in [0.1, 0.15) is 4.47 Å². The Morgan fingerprint density at radius 1 is 1.45 bits per heavy atom. The molecule has 0 amide bonds. The minimum absolute atomic E-state index is 0.103. The first kappa shape index (κ1) is 17.1. The van der Waals surface area contributed by atoms with Gasteiger partial charge in [-0.2, -0.15) is 5.10 Å². The normalized spacial score (nSPS) is 11.1. The lowest BCUT2D eigenvalue weighted by atomic mass is 10.4. The smallest absolute Gasteiger partial charge is 0.283 e. The van der Waals surface area contributed by atoms with Gasteiger partial charge in [-0.1, -0.05) is 13.8 Å². The Morgan fingerprint density at radius 3 is 2.80 bits per heavy atom. The van der Waals surface area contributed by atoms with Crippen molar-refractivity contribution in [2.45, 2.75) is 26.8 Å². The number of aliphatic hydroxyl groups is 1. The molecule has 2 N–H and O–H groups in total. The van der Waals surface area contributed by atoms with Gasteiger partial charge >= 0.3 is 0 Å². The summed E-state index contributed by atoms with van der Waals surface area (Å²) in [5, 5.41) is 16.1. The van der Waals surface area contributed by atoms with Crippen LogP contribution in [0.15, 0.2) is 15.5 Å². The van der Waals surface area contributed by atoms with Crippen molar-refractivity contribution in [1.29, 1.82) is 0 Å². The van der Waals surface area contributed by atoms with Crippen LogP contribution in [-0.2, 0) is 6.54 Å². The number of nitrogens with one attached hydrogen (secondary N) is 1. The Hall–Kier alpha value is -0.920. The van der Waals surface area contributed by atoms with Crippen molar-refractivity contribution < 1.29 is 5.11 Å². The molecule has 0 aliphatic carbocycles. The third kappa shape index (κ3) is 4.88. The van der Waals surface area contributed by atoms with E-state index < -0.39 is 0 Å². The number of aliphatic hydroxyl groups excluding tert-OH is 1. The van der Waals surface area contributed by atoms with E-state index in [2.05, 4.69) is 45.1 Å². The Labute approximate surface area is 127 Å². The lowest BCUT2D eigenvalue weighted by Crippen LogP contribution is -2.30. The largest absolute Gasteiger partial charge is 0.394 e. The molecule has 0 radical (unpaired) electrons. The average molecular weight is 347 g/mol. The molecule has 6 nitrogen and oxygen atoms in total. The van der Waals surface area contributed by atoms with Gasteiger partial charge in [0.2, 0.25) is 0 Å². The molecule has 0 saturated carbocycles. The predicted molar refractivity (Wildman–Crippen MR) is 84.2 cm³/mol. The summed E-state index contributed by atoms with van der Waals surface area (Å²) in [5.74, 6) is 0. The van der Waals surface area contributed by atoms with Crippen LogP contribution in [0.25, 0.3) is 0 Å². The number of rotatable bonds is 9. The number of halogens is 1. The molecule has 0 aliphatic rings. The van der Waals surface area contributed by atoms with Crippen LogP contribution in [-0.4, -0.2) is 52.6 Å². The summed E-state index contributed by atoms with van der Waals surface area (Å²) >= 11 is 3.29. The maximum Gasteiger partial charge on any atom is 0.283 e. The van der Waals surface area contributed by atoms with Crippen LogP contribution in [0, 0.1) is 0 Å². The molecular formula is C13H23BrN4O2. The van der Waals surface area contributed by atoms with Gasteiger partial charge in [-0.25, -0.2) is 4.68 Å². The van der Waals surface area contributed by atoms with Crippen LogP contribution in [0.3, 0.4) is 0 Å². The summed E-state index contributed by atoms with van der Waals surface area (Å²) in [6.45, 7) is 8.20. The number of aromatic nitrogens is 2. The molecule has 7 heteroatoms. The first-order valence-electron chi connectivity index (χ1n) is 6.96. The second kappa shape index (κ2) is 9.10. The monoisotopic (exact) mass is 346 g/mol. The topological polar surface area (TPSA) is 70.4 Å². The molecule has 0 fully saturated rings. The fourth-order valence-corrected chi connectivity index (χ4v) is 2.38. The highest BCUT2D eigenvalue weighted by atomic mass is 79.9. The van der Waals surface area contributed by atoms with E-state index in [0.29, 0.717) is 10.2 Å². The molecule has 1 aromatic rings. The standard InChI is InChI=1S/C13H23BrN4O2/c1-3-6-17(4-2)7-5-15-11-10-16-18(8-9-19)13(20)12(11)14/h10,15,19H,3-9H2,1-2H3. The van der Waals surface area contributed by atoms with E-state index >= 15 is 0 Å². The predicted octanol–water partition coefficient (Wildman–Crippen LogP) is 1.14. The molecular weight excluding hydrogens is 324 g/mol. The van der Waals surface area contributed by atoms with Crippen molar-refractivity contribution in [2.75, 3.05) is 38.1 Å². The first-order chi connectivity index (χ1) is 9.63. The molecule has 20 heavy (non-hydrogen) atoms. The van der Waals surface area contributed by atoms with Gasteiger partial charge < -0.3 is 15.3 Å². The highest BCUT2D eigenvalue weighted by molar-refractivity contribution is 9.10. The van der Waals surface area contributed by atoms with E-state index in [-0.39, 0.29) is 18.7 Å². The Balaban J connectivity index is 2.60. The molecule has 0 bridgehead atoms. The van der Waals surface area contributed by atoms with E-state index in [9.17, 15) is 4.79 Å². The van der Waals surface area contributed by atoms with E-state index in [0.717, 1.165) is 32.6 Å². The number of likely N-dealkylation sites (N-methyl/N-ethyl adjacent to an activating group) is 1. The maximum atomic E-state index is 11.9. The molecule has 114 valence electrons. The lowest BCUT2D eigenvalue weighted by molar-refractivity contribution is 0.266. The summed E-state index contributed by atoms with van der Waals surface area (Å²) < 4.78 is 1.70. The molecule has 0 aliphatic heterocycles. The van der Waals surface area contributed by atoms with Gasteiger partial charge in [0.15, 0.2) is 0 Å². The van der Waals surface area contributed by atoms with Crippen molar-refractivity contribution in [2.24, 2.45) is 0 Å². The van der Waals surface area contributed by atoms with Crippen LogP contribution >= 0.6 is 15.9 Å². The van der Waals surface area contributed by atoms with Gasteiger partial charge in [-0.3, -0.25) is 4.79 Å². The molecule has 0 aromatic carbocycles. The van der Waals surface area contributed by atoms with Gasteiger partial charge in [0.05, 0.1) is 25.0 Å². The summed E-state index contributed by atoms with van der Waals surface area (Å²) in [7, 11) is 0. The number of hydrogen-bond acceptors (Lipinski definition) is 5. The van der Waals surface area contributed by atoms with Crippen molar-refractivity contribution in [3.63, 3.8) is 0 Å². The third-order valence-electron chi connectivity index (χ3n) is 3.03. The zero-order chi connectivity index (χ0) is 15.0. The number of hydrogen-bond donors (Lipinski definition) is 2. The fourth-order valence-electron chi connectivity index (χ4n) is 1.94. The van der Waals surface area contributed by atoms with Gasteiger partial charge in [0, 0.05) is 13.1 Å². The molecule has 0 saturated heterocycles. The van der Waals surface area contributed by atoms with Crippen LogP contribution in [0.4, 0.5) is 5.69 Å². The van der Waals surface area contributed by atoms with Crippen molar-refractivity contribution in [3.05, 3.63) is 21.0 Å². The van der Waals surface area contributed by atoms with Crippen LogP contribution in [0.1, 0.15) is 20.3 Å². The zero-order valence-corrected chi connectivity index (χ0v) is 13.7. The second-order valence-electron chi connectivity index (χ2n) is 4.49. The van der Waals surface area contributed by atoms with Crippen molar-refractivity contribution in [1.82, 2.24) is 14.7 Å². The zero-order valence-electron chi connectivity index (χ0n) is 12.1. The third-order valence-corrected chi connectivity index (χ3v) is 3.79. The summed E-state index contributed by atoms with van der Waals surface area (Å²) in [6, 6.07) is 0. The minimum Gasteiger partial charge on any atom is -0.394 e. The van der Waals surface area contributed by atoms with E-state index in [1.807, 2.05) is 0 Å². The van der Waals surface area contributed by atoms with Crippen LogP contribution in [0.2, 0.25) is 0 Å². The number of anilines is 1.